The Morgan fingerprint density at radius 2 is 1.66 bits per heavy atom. The van der Waals surface area contributed by atoms with Gasteiger partial charge in [-0.15, -0.1) is 0 Å². The van der Waals surface area contributed by atoms with Crippen molar-refractivity contribution in [1.29, 1.82) is 0 Å². The highest BCUT2D eigenvalue weighted by atomic mass is 16.5. The van der Waals surface area contributed by atoms with E-state index in [9.17, 15) is 9.59 Å². The summed E-state index contributed by atoms with van der Waals surface area (Å²) in [5.41, 5.74) is 1.66. The number of rotatable bonds is 8. The van der Waals surface area contributed by atoms with Crippen molar-refractivity contribution in [2.75, 3.05) is 23.8 Å². The monoisotopic (exact) mass is 397 g/mol. The molecule has 0 fully saturated rings. The average molecular weight is 398 g/mol. The van der Waals surface area contributed by atoms with Gasteiger partial charge < -0.3 is 20.7 Å². The molecule has 0 heterocycles. The Bertz CT molecular complexity index is 824. The van der Waals surface area contributed by atoms with Crippen LogP contribution < -0.4 is 20.7 Å². The molecule has 0 aliphatic rings. The normalized spacial score (nSPS) is 11.1. The van der Waals surface area contributed by atoms with E-state index in [0.29, 0.717) is 23.8 Å². The summed E-state index contributed by atoms with van der Waals surface area (Å²) >= 11 is 0. The maximum absolute atomic E-state index is 12.3. The number of para-hydroxylation sites is 2. The van der Waals surface area contributed by atoms with Crippen LogP contribution in [-0.4, -0.2) is 30.5 Å². The van der Waals surface area contributed by atoms with E-state index in [-0.39, 0.29) is 23.9 Å². The molecular formula is C23H31N3O3. The van der Waals surface area contributed by atoms with Crippen molar-refractivity contribution < 1.29 is 14.3 Å². The van der Waals surface area contributed by atoms with Crippen molar-refractivity contribution in [2.24, 2.45) is 5.92 Å². The van der Waals surface area contributed by atoms with Crippen LogP contribution in [0.2, 0.25) is 0 Å². The molecule has 2 aromatic carbocycles. The highest BCUT2D eigenvalue weighted by Crippen LogP contribution is 2.24. The van der Waals surface area contributed by atoms with Crippen LogP contribution in [0.3, 0.4) is 0 Å². The highest BCUT2D eigenvalue weighted by molar-refractivity contribution is 5.97. The second-order valence-corrected chi connectivity index (χ2v) is 8.38. The Hall–Kier alpha value is -3.02. The van der Waals surface area contributed by atoms with E-state index in [4.69, 9.17) is 4.74 Å². The van der Waals surface area contributed by atoms with Gasteiger partial charge in [0.05, 0.1) is 18.8 Å². The molecule has 2 rings (SSSR count). The van der Waals surface area contributed by atoms with Crippen LogP contribution in [0.25, 0.3) is 0 Å². The Labute approximate surface area is 173 Å². The Kier molecular flexibility index (Phi) is 7.65. The van der Waals surface area contributed by atoms with Gasteiger partial charge in [0.15, 0.2) is 0 Å². The molecule has 0 bridgehead atoms. The summed E-state index contributed by atoms with van der Waals surface area (Å²) in [6.45, 7) is 10.7. The Balaban J connectivity index is 1.89. The molecule has 29 heavy (non-hydrogen) atoms. The van der Waals surface area contributed by atoms with Crippen LogP contribution in [0, 0.1) is 5.92 Å². The van der Waals surface area contributed by atoms with Gasteiger partial charge in [-0.1, -0.05) is 26.0 Å². The smallest absolute Gasteiger partial charge is 0.251 e. The predicted octanol–water partition coefficient (Wildman–Crippen LogP) is 4.30. The zero-order valence-electron chi connectivity index (χ0n) is 17.8. The first kappa shape index (κ1) is 22.3. The second-order valence-electron chi connectivity index (χ2n) is 8.38. The molecule has 6 nitrogen and oxygen atoms in total. The fraction of sp³-hybridized carbons (Fsp3) is 0.391. The summed E-state index contributed by atoms with van der Waals surface area (Å²) in [7, 11) is 0. The van der Waals surface area contributed by atoms with Gasteiger partial charge in [-0.05, 0) is 63.1 Å². The molecule has 0 aliphatic carbocycles. The van der Waals surface area contributed by atoms with Gasteiger partial charge in [-0.2, -0.15) is 0 Å². The van der Waals surface area contributed by atoms with Crippen LogP contribution in [0.5, 0.6) is 5.75 Å². The maximum Gasteiger partial charge on any atom is 0.251 e. The number of hydrogen-bond donors (Lipinski definition) is 3. The average Bonchev–Trinajstić information content (AvgIpc) is 2.64. The fourth-order valence-corrected chi connectivity index (χ4v) is 2.49. The fourth-order valence-electron chi connectivity index (χ4n) is 2.49. The van der Waals surface area contributed by atoms with Gasteiger partial charge in [0.1, 0.15) is 5.75 Å². The third-order valence-electron chi connectivity index (χ3n) is 3.82. The van der Waals surface area contributed by atoms with Crippen molar-refractivity contribution in [3.8, 4) is 5.75 Å². The first-order valence-electron chi connectivity index (χ1n) is 9.82. The number of ether oxygens (including phenoxy) is 1. The van der Waals surface area contributed by atoms with Crippen molar-refractivity contribution in [3.63, 3.8) is 0 Å². The lowest BCUT2D eigenvalue weighted by molar-refractivity contribution is -0.114. The van der Waals surface area contributed by atoms with Crippen LogP contribution in [-0.2, 0) is 4.79 Å². The van der Waals surface area contributed by atoms with E-state index in [1.54, 1.807) is 24.3 Å². The Morgan fingerprint density at radius 1 is 1.00 bits per heavy atom. The van der Waals surface area contributed by atoms with E-state index < -0.39 is 0 Å². The van der Waals surface area contributed by atoms with Gasteiger partial charge >= 0.3 is 0 Å². The number of benzene rings is 2. The lowest BCUT2D eigenvalue weighted by Gasteiger charge is -2.20. The lowest BCUT2D eigenvalue weighted by atomic mass is 10.1. The van der Waals surface area contributed by atoms with Crippen LogP contribution >= 0.6 is 0 Å². The summed E-state index contributed by atoms with van der Waals surface area (Å²) in [6.07, 6.45) is 0. The number of hydrogen-bond acceptors (Lipinski definition) is 4. The number of amides is 2. The lowest BCUT2D eigenvalue weighted by Crippen LogP contribution is -2.40. The molecule has 0 spiro atoms. The van der Waals surface area contributed by atoms with E-state index in [1.165, 1.54) is 0 Å². The molecule has 0 aliphatic heterocycles. The summed E-state index contributed by atoms with van der Waals surface area (Å²) in [5, 5.41) is 8.84. The van der Waals surface area contributed by atoms with Crippen molar-refractivity contribution >= 4 is 23.2 Å². The quantitative estimate of drug-likeness (QED) is 0.620. The minimum absolute atomic E-state index is 0.105. The number of nitrogens with one attached hydrogen (secondary N) is 3. The van der Waals surface area contributed by atoms with Gasteiger partial charge in [0.25, 0.3) is 5.91 Å². The summed E-state index contributed by atoms with van der Waals surface area (Å²) in [4.78, 5) is 24.4. The van der Waals surface area contributed by atoms with Crippen molar-refractivity contribution in [3.05, 3.63) is 54.1 Å². The number of anilines is 2. The topological polar surface area (TPSA) is 79.5 Å². The van der Waals surface area contributed by atoms with Crippen molar-refractivity contribution in [2.45, 2.75) is 40.2 Å². The summed E-state index contributed by atoms with van der Waals surface area (Å²) in [6, 6.07) is 14.4. The van der Waals surface area contributed by atoms with Crippen LogP contribution in [0.4, 0.5) is 11.4 Å². The number of carbonyl (C=O) groups excluding carboxylic acids is 2. The standard InChI is InChI=1S/C23H31N3O3/c1-16(2)15-29-20-9-7-6-8-19(20)24-14-21(27)25-18-12-10-17(11-13-18)22(28)26-23(3,4)5/h6-13,16,24H,14-15H2,1-5H3,(H,25,27)(H,26,28). The number of carbonyl (C=O) groups is 2. The largest absolute Gasteiger partial charge is 0.491 e. The van der Waals surface area contributed by atoms with Crippen LogP contribution in [0.15, 0.2) is 48.5 Å². The molecule has 0 atom stereocenters. The second kappa shape index (κ2) is 9.96. The van der Waals surface area contributed by atoms with E-state index >= 15 is 0 Å². The minimum Gasteiger partial charge on any atom is -0.491 e. The molecule has 156 valence electrons. The Morgan fingerprint density at radius 3 is 2.28 bits per heavy atom. The van der Waals surface area contributed by atoms with Gasteiger partial charge in [0, 0.05) is 16.8 Å². The first-order chi connectivity index (χ1) is 13.6. The molecule has 2 amide bonds. The first-order valence-corrected chi connectivity index (χ1v) is 9.82. The molecule has 0 aromatic heterocycles. The molecule has 0 unspecified atom stereocenters. The molecule has 0 saturated carbocycles. The molecule has 6 heteroatoms. The van der Waals surface area contributed by atoms with Crippen LogP contribution in [0.1, 0.15) is 45.0 Å². The van der Waals surface area contributed by atoms with Gasteiger partial charge in [-0.25, -0.2) is 0 Å². The highest BCUT2D eigenvalue weighted by Gasteiger charge is 2.15. The minimum atomic E-state index is -0.301. The molecule has 2 aromatic rings. The molecular weight excluding hydrogens is 366 g/mol. The third-order valence-corrected chi connectivity index (χ3v) is 3.82. The van der Waals surface area contributed by atoms with Gasteiger partial charge in [-0.3, -0.25) is 9.59 Å². The SMILES string of the molecule is CC(C)COc1ccccc1NCC(=O)Nc1ccc(C(=O)NC(C)(C)C)cc1. The summed E-state index contributed by atoms with van der Waals surface area (Å²) < 4.78 is 5.79. The van der Waals surface area contributed by atoms with E-state index in [1.807, 2.05) is 45.0 Å². The van der Waals surface area contributed by atoms with E-state index in [0.717, 1.165) is 11.4 Å². The molecule has 0 saturated heterocycles. The third kappa shape index (κ3) is 7.86. The molecule has 0 radical (unpaired) electrons. The maximum atomic E-state index is 12.3. The predicted molar refractivity (Wildman–Crippen MR) is 118 cm³/mol. The zero-order chi connectivity index (χ0) is 21.4. The molecule has 3 N–H and O–H groups in total. The van der Waals surface area contributed by atoms with Crippen molar-refractivity contribution in [1.82, 2.24) is 5.32 Å². The van der Waals surface area contributed by atoms with E-state index in [2.05, 4.69) is 29.8 Å². The van der Waals surface area contributed by atoms with Gasteiger partial charge in [0.2, 0.25) is 5.91 Å². The zero-order valence-corrected chi connectivity index (χ0v) is 17.8. The summed E-state index contributed by atoms with van der Waals surface area (Å²) in [5.74, 6) is 0.814.